The lowest BCUT2D eigenvalue weighted by molar-refractivity contribution is 0.0767. The standard InChI is InChI=1S/C16H15N3O2S/c1-19(10-13-7-8-17-21-13)16(20)14-11-22-15(18-14)9-12-5-3-2-4-6-12/h2-8,11H,9-10H2,1H3. The Labute approximate surface area is 132 Å². The Balaban J connectivity index is 1.66. The first-order valence-electron chi connectivity index (χ1n) is 6.86. The van der Waals surface area contributed by atoms with Gasteiger partial charge in [0.25, 0.3) is 5.91 Å². The fourth-order valence-corrected chi connectivity index (χ4v) is 2.89. The number of benzene rings is 1. The molecule has 2 aromatic heterocycles. The zero-order chi connectivity index (χ0) is 15.4. The lowest BCUT2D eigenvalue weighted by Gasteiger charge is -2.13. The smallest absolute Gasteiger partial charge is 0.273 e. The van der Waals surface area contributed by atoms with Crippen molar-refractivity contribution in [3.8, 4) is 0 Å². The predicted octanol–water partition coefficient (Wildman–Crippen LogP) is 2.99. The molecule has 5 nitrogen and oxygen atoms in total. The third-order valence-electron chi connectivity index (χ3n) is 3.20. The van der Waals surface area contributed by atoms with E-state index in [1.54, 1.807) is 29.6 Å². The molecule has 0 N–H and O–H groups in total. The summed E-state index contributed by atoms with van der Waals surface area (Å²) < 4.78 is 5.01. The average molecular weight is 313 g/mol. The molecular weight excluding hydrogens is 298 g/mol. The highest BCUT2D eigenvalue weighted by atomic mass is 32.1. The van der Waals surface area contributed by atoms with Gasteiger partial charge in [0.1, 0.15) is 5.69 Å². The molecule has 0 aliphatic carbocycles. The van der Waals surface area contributed by atoms with Crippen molar-refractivity contribution in [2.24, 2.45) is 0 Å². The molecule has 6 heteroatoms. The number of hydrogen-bond acceptors (Lipinski definition) is 5. The first kappa shape index (κ1) is 14.5. The quantitative estimate of drug-likeness (QED) is 0.726. The molecule has 2 heterocycles. The maximum atomic E-state index is 12.3. The first-order chi connectivity index (χ1) is 10.7. The lowest BCUT2D eigenvalue weighted by atomic mass is 10.2. The number of aromatic nitrogens is 2. The van der Waals surface area contributed by atoms with Crippen LogP contribution in [0.3, 0.4) is 0 Å². The SMILES string of the molecule is CN(Cc1ccno1)C(=O)c1csc(Cc2ccccc2)n1. The molecule has 3 rings (SSSR count). The highest BCUT2D eigenvalue weighted by Gasteiger charge is 2.17. The van der Waals surface area contributed by atoms with Crippen LogP contribution in [-0.4, -0.2) is 28.0 Å². The van der Waals surface area contributed by atoms with E-state index in [-0.39, 0.29) is 5.91 Å². The molecule has 0 saturated heterocycles. The normalized spacial score (nSPS) is 10.6. The maximum Gasteiger partial charge on any atom is 0.273 e. The van der Waals surface area contributed by atoms with E-state index in [0.717, 1.165) is 11.4 Å². The monoisotopic (exact) mass is 313 g/mol. The highest BCUT2D eigenvalue weighted by molar-refractivity contribution is 7.09. The molecule has 0 radical (unpaired) electrons. The Hall–Kier alpha value is -2.47. The van der Waals surface area contributed by atoms with Crippen LogP contribution in [0.4, 0.5) is 0 Å². The van der Waals surface area contributed by atoms with E-state index in [1.165, 1.54) is 16.9 Å². The molecule has 0 saturated carbocycles. The van der Waals surface area contributed by atoms with Gasteiger partial charge in [-0.15, -0.1) is 11.3 Å². The zero-order valence-electron chi connectivity index (χ0n) is 12.1. The van der Waals surface area contributed by atoms with Crippen molar-refractivity contribution in [1.29, 1.82) is 0 Å². The van der Waals surface area contributed by atoms with Gasteiger partial charge in [-0.2, -0.15) is 0 Å². The Morgan fingerprint density at radius 2 is 2.09 bits per heavy atom. The van der Waals surface area contributed by atoms with Gasteiger partial charge in [0, 0.05) is 24.9 Å². The minimum absolute atomic E-state index is 0.119. The van der Waals surface area contributed by atoms with Gasteiger partial charge in [-0.05, 0) is 5.56 Å². The topological polar surface area (TPSA) is 59.2 Å². The third-order valence-corrected chi connectivity index (χ3v) is 4.05. The van der Waals surface area contributed by atoms with Crippen LogP contribution >= 0.6 is 11.3 Å². The van der Waals surface area contributed by atoms with Crippen molar-refractivity contribution in [3.63, 3.8) is 0 Å². The van der Waals surface area contributed by atoms with Crippen molar-refractivity contribution >= 4 is 17.2 Å². The second-order valence-corrected chi connectivity index (χ2v) is 5.87. The summed E-state index contributed by atoms with van der Waals surface area (Å²) in [5.74, 6) is 0.530. The highest BCUT2D eigenvalue weighted by Crippen LogP contribution is 2.16. The minimum Gasteiger partial charge on any atom is -0.360 e. The van der Waals surface area contributed by atoms with E-state index in [0.29, 0.717) is 18.0 Å². The predicted molar refractivity (Wildman–Crippen MR) is 83.7 cm³/mol. The lowest BCUT2D eigenvalue weighted by Crippen LogP contribution is -2.26. The van der Waals surface area contributed by atoms with Crippen LogP contribution in [0.5, 0.6) is 0 Å². The Bertz CT molecular complexity index is 738. The fraction of sp³-hybridized carbons (Fsp3) is 0.188. The van der Waals surface area contributed by atoms with Crippen molar-refractivity contribution < 1.29 is 9.32 Å². The fourth-order valence-electron chi connectivity index (χ4n) is 2.09. The molecule has 0 atom stereocenters. The molecule has 0 spiro atoms. The van der Waals surface area contributed by atoms with Gasteiger partial charge in [0.05, 0.1) is 17.7 Å². The molecule has 0 fully saturated rings. The molecule has 3 aromatic rings. The summed E-state index contributed by atoms with van der Waals surface area (Å²) in [7, 11) is 1.72. The number of hydrogen-bond donors (Lipinski definition) is 0. The summed E-state index contributed by atoms with van der Waals surface area (Å²) in [6.07, 6.45) is 2.30. The first-order valence-corrected chi connectivity index (χ1v) is 7.73. The van der Waals surface area contributed by atoms with Crippen LogP contribution in [0, 0.1) is 0 Å². The summed E-state index contributed by atoms with van der Waals surface area (Å²) in [6, 6.07) is 11.8. The number of nitrogens with zero attached hydrogens (tertiary/aromatic N) is 3. The number of carbonyl (C=O) groups is 1. The van der Waals surface area contributed by atoms with E-state index in [2.05, 4.69) is 22.3 Å². The molecule has 0 aliphatic rings. The van der Waals surface area contributed by atoms with Crippen molar-refractivity contribution in [3.05, 3.63) is 70.0 Å². The van der Waals surface area contributed by atoms with Crippen molar-refractivity contribution in [2.45, 2.75) is 13.0 Å². The third kappa shape index (κ3) is 3.40. The van der Waals surface area contributed by atoms with E-state index in [1.807, 2.05) is 18.2 Å². The molecule has 0 aliphatic heterocycles. The van der Waals surface area contributed by atoms with Crippen molar-refractivity contribution in [1.82, 2.24) is 15.0 Å². The van der Waals surface area contributed by atoms with Gasteiger partial charge in [0.15, 0.2) is 5.76 Å². The van der Waals surface area contributed by atoms with Gasteiger partial charge in [0.2, 0.25) is 0 Å². The van der Waals surface area contributed by atoms with Gasteiger partial charge < -0.3 is 9.42 Å². The molecule has 1 amide bonds. The van der Waals surface area contributed by atoms with Gasteiger partial charge >= 0.3 is 0 Å². The number of rotatable bonds is 5. The molecular formula is C16H15N3O2S. The second-order valence-electron chi connectivity index (χ2n) is 4.93. The number of amides is 1. The Morgan fingerprint density at radius 3 is 2.82 bits per heavy atom. The van der Waals surface area contributed by atoms with Crippen LogP contribution in [-0.2, 0) is 13.0 Å². The van der Waals surface area contributed by atoms with E-state index in [4.69, 9.17) is 4.52 Å². The van der Waals surface area contributed by atoms with Gasteiger partial charge in [-0.1, -0.05) is 35.5 Å². The maximum absolute atomic E-state index is 12.3. The largest absolute Gasteiger partial charge is 0.360 e. The molecule has 1 aromatic carbocycles. The van der Waals surface area contributed by atoms with Crippen LogP contribution < -0.4 is 0 Å². The summed E-state index contributed by atoms with van der Waals surface area (Å²) in [4.78, 5) is 18.4. The van der Waals surface area contributed by atoms with E-state index < -0.39 is 0 Å². The van der Waals surface area contributed by atoms with Crippen molar-refractivity contribution in [2.75, 3.05) is 7.05 Å². The Kier molecular flexibility index (Phi) is 4.29. The number of carbonyl (C=O) groups excluding carboxylic acids is 1. The molecule has 0 unspecified atom stereocenters. The van der Waals surface area contributed by atoms with Gasteiger partial charge in [-0.25, -0.2) is 4.98 Å². The minimum atomic E-state index is -0.119. The number of thiazole rings is 1. The van der Waals surface area contributed by atoms with Crippen LogP contribution in [0.15, 0.2) is 52.5 Å². The Morgan fingerprint density at radius 1 is 1.27 bits per heavy atom. The molecule has 0 bridgehead atoms. The summed E-state index contributed by atoms with van der Waals surface area (Å²) >= 11 is 1.50. The van der Waals surface area contributed by atoms with E-state index >= 15 is 0 Å². The molecule has 112 valence electrons. The summed E-state index contributed by atoms with van der Waals surface area (Å²) in [6.45, 7) is 0.379. The van der Waals surface area contributed by atoms with E-state index in [9.17, 15) is 4.79 Å². The van der Waals surface area contributed by atoms with Gasteiger partial charge in [-0.3, -0.25) is 4.79 Å². The summed E-state index contributed by atoms with van der Waals surface area (Å²) in [5.41, 5.74) is 1.66. The zero-order valence-corrected chi connectivity index (χ0v) is 12.9. The second kappa shape index (κ2) is 6.53. The average Bonchev–Trinajstić information content (AvgIpc) is 3.19. The molecule has 22 heavy (non-hydrogen) atoms. The van der Waals surface area contributed by atoms with Crippen LogP contribution in [0.1, 0.15) is 26.8 Å². The summed E-state index contributed by atoms with van der Waals surface area (Å²) in [5, 5.41) is 6.37. The van der Waals surface area contributed by atoms with Crippen LogP contribution in [0.25, 0.3) is 0 Å². The van der Waals surface area contributed by atoms with Crippen LogP contribution in [0.2, 0.25) is 0 Å².